The van der Waals surface area contributed by atoms with Gasteiger partial charge in [0, 0.05) is 5.92 Å². The van der Waals surface area contributed by atoms with Crippen LogP contribution in [0, 0.1) is 12.3 Å². The van der Waals surface area contributed by atoms with E-state index < -0.39 is 5.97 Å². The summed E-state index contributed by atoms with van der Waals surface area (Å²) in [6, 6.07) is 15.9. The van der Waals surface area contributed by atoms with Crippen molar-refractivity contribution in [3.05, 3.63) is 76.9 Å². The van der Waals surface area contributed by atoms with E-state index in [1.165, 1.54) is 0 Å². The Bertz CT molecular complexity index is 766. The third kappa shape index (κ3) is 2.54. The second-order valence-corrected chi connectivity index (χ2v) is 5.42. The first-order valence-corrected chi connectivity index (χ1v) is 7.24. The molecule has 3 rings (SSSR count). The highest BCUT2D eigenvalue weighted by Gasteiger charge is 2.26. The van der Waals surface area contributed by atoms with Crippen molar-refractivity contribution in [2.75, 3.05) is 0 Å². The first kappa shape index (κ1) is 14.2. The first-order chi connectivity index (χ1) is 10.7. The lowest BCUT2D eigenvalue weighted by Crippen LogP contribution is -2.08. The van der Waals surface area contributed by atoms with Gasteiger partial charge in [-0.2, -0.15) is 0 Å². The van der Waals surface area contributed by atoms with Gasteiger partial charge in [0.1, 0.15) is 0 Å². The topological polar surface area (TPSA) is 37.3 Å². The summed E-state index contributed by atoms with van der Waals surface area (Å²) in [5.41, 5.74) is 4.21. The molecule has 2 heteroatoms. The molecule has 0 amide bonds. The highest BCUT2D eigenvalue weighted by molar-refractivity contribution is 5.73. The van der Waals surface area contributed by atoms with Crippen LogP contribution in [-0.4, -0.2) is 11.1 Å². The van der Waals surface area contributed by atoms with E-state index in [2.05, 4.69) is 5.92 Å². The number of fused-ring (bicyclic) bond motifs is 1. The predicted molar refractivity (Wildman–Crippen MR) is 87.6 cm³/mol. The van der Waals surface area contributed by atoms with E-state index in [9.17, 15) is 4.79 Å². The summed E-state index contributed by atoms with van der Waals surface area (Å²) in [7, 11) is 0. The zero-order valence-electron chi connectivity index (χ0n) is 12.1. The number of hydrogen-bond donors (Lipinski definition) is 1. The van der Waals surface area contributed by atoms with Crippen molar-refractivity contribution in [3.63, 3.8) is 0 Å². The number of aliphatic carboxylic acids is 1. The predicted octanol–water partition coefficient (Wildman–Crippen LogP) is 4.04. The molecular formula is C20H16O2. The molecule has 0 aromatic heterocycles. The van der Waals surface area contributed by atoms with Crippen LogP contribution in [0.3, 0.4) is 0 Å². The molecule has 0 saturated heterocycles. The van der Waals surface area contributed by atoms with Crippen LogP contribution in [-0.2, 0) is 4.79 Å². The van der Waals surface area contributed by atoms with E-state index in [1.54, 1.807) is 0 Å². The van der Waals surface area contributed by atoms with Crippen LogP contribution in [0.15, 0.2) is 54.6 Å². The lowest BCUT2D eigenvalue weighted by atomic mass is 9.83. The van der Waals surface area contributed by atoms with Gasteiger partial charge in [0.15, 0.2) is 0 Å². The van der Waals surface area contributed by atoms with Crippen molar-refractivity contribution in [2.24, 2.45) is 0 Å². The zero-order valence-corrected chi connectivity index (χ0v) is 12.1. The van der Waals surface area contributed by atoms with Gasteiger partial charge >= 0.3 is 5.97 Å². The van der Waals surface area contributed by atoms with Crippen molar-refractivity contribution in [1.82, 2.24) is 0 Å². The van der Waals surface area contributed by atoms with Gasteiger partial charge in [-0.15, -0.1) is 6.42 Å². The second kappa shape index (κ2) is 5.91. The average Bonchev–Trinajstić information content (AvgIpc) is 2.92. The molecule has 1 N–H and O–H groups in total. The molecule has 0 heterocycles. The SMILES string of the molecule is C#CC(c1ccccc1)c1cccc2c1C(CC(=O)O)C=C2. The quantitative estimate of drug-likeness (QED) is 0.862. The summed E-state index contributed by atoms with van der Waals surface area (Å²) in [5, 5.41) is 9.13. The molecule has 2 aromatic carbocycles. The lowest BCUT2D eigenvalue weighted by Gasteiger charge is -2.19. The van der Waals surface area contributed by atoms with Gasteiger partial charge in [0.2, 0.25) is 0 Å². The fourth-order valence-corrected chi connectivity index (χ4v) is 3.11. The fraction of sp³-hybridized carbons (Fsp3) is 0.150. The summed E-state index contributed by atoms with van der Waals surface area (Å²) in [5.74, 6) is 1.80. The minimum atomic E-state index is -0.797. The summed E-state index contributed by atoms with van der Waals surface area (Å²) in [6.45, 7) is 0. The Hall–Kier alpha value is -2.79. The molecule has 0 spiro atoms. The number of carboxylic acids is 1. The van der Waals surface area contributed by atoms with Gasteiger partial charge in [-0.25, -0.2) is 0 Å². The van der Waals surface area contributed by atoms with Gasteiger partial charge in [0.05, 0.1) is 12.3 Å². The Morgan fingerprint density at radius 1 is 1.18 bits per heavy atom. The van der Waals surface area contributed by atoms with Crippen LogP contribution in [0.25, 0.3) is 6.08 Å². The van der Waals surface area contributed by atoms with Crippen molar-refractivity contribution in [3.8, 4) is 12.3 Å². The average molecular weight is 288 g/mol. The number of hydrogen-bond acceptors (Lipinski definition) is 1. The maximum absolute atomic E-state index is 11.1. The van der Waals surface area contributed by atoms with E-state index in [4.69, 9.17) is 11.5 Å². The Morgan fingerprint density at radius 2 is 1.95 bits per heavy atom. The normalized spacial score (nSPS) is 16.8. The molecule has 0 saturated carbocycles. The van der Waals surface area contributed by atoms with Crippen molar-refractivity contribution in [1.29, 1.82) is 0 Å². The molecule has 0 radical (unpaired) electrons. The van der Waals surface area contributed by atoms with Gasteiger partial charge in [-0.05, 0) is 22.3 Å². The third-order valence-corrected chi connectivity index (χ3v) is 4.06. The van der Waals surface area contributed by atoms with E-state index in [0.29, 0.717) is 0 Å². The second-order valence-electron chi connectivity index (χ2n) is 5.42. The molecule has 2 nitrogen and oxygen atoms in total. The number of rotatable bonds is 4. The van der Waals surface area contributed by atoms with E-state index >= 15 is 0 Å². The van der Waals surface area contributed by atoms with Crippen LogP contribution in [0.1, 0.15) is 40.5 Å². The third-order valence-electron chi connectivity index (χ3n) is 4.06. The van der Waals surface area contributed by atoms with Crippen molar-refractivity contribution < 1.29 is 9.90 Å². The largest absolute Gasteiger partial charge is 0.481 e. The molecule has 1 aliphatic carbocycles. The highest BCUT2D eigenvalue weighted by atomic mass is 16.4. The van der Waals surface area contributed by atoms with E-state index in [1.807, 2.05) is 60.7 Å². The monoisotopic (exact) mass is 288 g/mol. The van der Waals surface area contributed by atoms with Crippen LogP contribution in [0.5, 0.6) is 0 Å². The summed E-state index contributed by atoms with van der Waals surface area (Å²) in [6.07, 6.45) is 9.83. The van der Waals surface area contributed by atoms with Gasteiger partial charge in [0.25, 0.3) is 0 Å². The molecule has 22 heavy (non-hydrogen) atoms. The maximum atomic E-state index is 11.1. The van der Waals surface area contributed by atoms with E-state index in [0.717, 1.165) is 22.3 Å². The van der Waals surface area contributed by atoms with Gasteiger partial charge in [-0.1, -0.05) is 66.6 Å². The molecule has 108 valence electrons. The van der Waals surface area contributed by atoms with Crippen LogP contribution in [0.4, 0.5) is 0 Å². The number of carboxylic acid groups (broad SMARTS) is 1. The smallest absolute Gasteiger partial charge is 0.304 e. The van der Waals surface area contributed by atoms with Crippen molar-refractivity contribution >= 4 is 12.0 Å². The van der Waals surface area contributed by atoms with E-state index in [-0.39, 0.29) is 18.3 Å². The zero-order chi connectivity index (χ0) is 15.5. The Balaban J connectivity index is 2.08. The van der Waals surface area contributed by atoms with Gasteiger partial charge < -0.3 is 5.11 Å². The number of benzene rings is 2. The Labute approximate surface area is 130 Å². The Morgan fingerprint density at radius 3 is 2.64 bits per heavy atom. The first-order valence-electron chi connectivity index (χ1n) is 7.24. The fourth-order valence-electron chi connectivity index (χ4n) is 3.11. The minimum absolute atomic E-state index is 0.0899. The molecule has 2 atom stereocenters. The van der Waals surface area contributed by atoms with Crippen LogP contribution < -0.4 is 0 Å². The number of allylic oxidation sites excluding steroid dienone is 1. The molecule has 2 unspecified atom stereocenters. The summed E-state index contributed by atoms with van der Waals surface area (Å²) >= 11 is 0. The minimum Gasteiger partial charge on any atom is -0.481 e. The lowest BCUT2D eigenvalue weighted by molar-refractivity contribution is -0.137. The summed E-state index contributed by atoms with van der Waals surface area (Å²) < 4.78 is 0. The molecular weight excluding hydrogens is 272 g/mol. The molecule has 1 aliphatic rings. The van der Waals surface area contributed by atoms with Gasteiger partial charge in [-0.3, -0.25) is 4.79 Å². The Kier molecular flexibility index (Phi) is 3.80. The highest BCUT2D eigenvalue weighted by Crippen LogP contribution is 2.39. The number of terminal acetylenes is 1. The van der Waals surface area contributed by atoms with Crippen LogP contribution in [0.2, 0.25) is 0 Å². The van der Waals surface area contributed by atoms with Crippen molar-refractivity contribution in [2.45, 2.75) is 18.3 Å². The molecule has 0 aliphatic heterocycles. The maximum Gasteiger partial charge on any atom is 0.304 e. The molecule has 0 bridgehead atoms. The van der Waals surface area contributed by atoms with Crippen LogP contribution >= 0.6 is 0 Å². The summed E-state index contributed by atoms with van der Waals surface area (Å²) in [4.78, 5) is 11.1. The standard InChI is InChI=1S/C20H16O2/c1-2-17(14-7-4-3-5-8-14)18-10-6-9-15-11-12-16(20(15)18)13-19(21)22/h1,3-12,16-17H,13H2,(H,21,22). The molecule has 0 fully saturated rings. The molecule has 2 aromatic rings. The number of carbonyl (C=O) groups is 1.